The van der Waals surface area contributed by atoms with Crippen LogP contribution in [0.15, 0.2) is 12.4 Å². The van der Waals surface area contributed by atoms with Crippen LogP contribution in [-0.2, 0) is 17.8 Å². The predicted molar refractivity (Wildman–Crippen MR) is 65.6 cm³/mol. The number of carbonyl (C=O) groups excluding carboxylic acids is 1. The van der Waals surface area contributed by atoms with Gasteiger partial charge in [0.25, 0.3) is 0 Å². The average molecular weight is 232 g/mol. The molecule has 0 bridgehead atoms. The maximum atomic E-state index is 12.3. The predicted octanol–water partition coefficient (Wildman–Crippen LogP) is 2.45. The quantitative estimate of drug-likeness (QED) is 0.799. The number of ketones is 1. The molecule has 2 atom stereocenters. The Labute approximate surface area is 102 Å². The van der Waals surface area contributed by atoms with Gasteiger partial charge in [0.2, 0.25) is 0 Å². The Kier molecular flexibility index (Phi) is 2.77. The van der Waals surface area contributed by atoms with Gasteiger partial charge in [0, 0.05) is 24.9 Å². The van der Waals surface area contributed by atoms with Crippen molar-refractivity contribution in [3.63, 3.8) is 0 Å². The molecular weight excluding hydrogens is 212 g/mol. The number of aryl methyl sites for hydroxylation is 1. The van der Waals surface area contributed by atoms with E-state index in [0.717, 1.165) is 24.2 Å². The van der Waals surface area contributed by atoms with Crippen molar-refractivity contribution >= 4 is 5.78 Å². The van der Waals surface area contributed by atoms with Crippen LogP contribution in [0.4, 0.5) is 0 Å². The van der Waals surface area contributed by atoms with Gasteiger partial charge in [-0.2, -0.15) is 0 Å². The second-order valence-corrected chi connectivity index (χ2v) is 5.41. The molecule has 92 valence electrons. The highest BCUT2D eigenvalue weighted by molar-refractivity contribution is 5.85. The molecule has 2 saturated carbocycles. The molecule has 0 N–H and O–H groups in total. The van der Waals surface area contributed by atoms with E-state index in [9.17, 15) is 4.79 Å². The van der Waals surface area contributed by atoms with Gasteiger partial charge in [0.05, 0.1) is 6.42 Å². The van der Waals surface area contributed by atoms with E-state index in [0.29, 0.717) is 18.1 Å². The summed E-state index contributed by atoms with van der Waals surface area (Å²) >= 11 is 0. The van der Waals surface area contributed by atoms with Crippen molar-refractivity contribution in [2.45, 2.75) is 45.6 Å². The Bertz CT molecular complexity index is 412. The molecule has 0 aliphatic heterocycles. The minimum atomic E-state index is 0.375. The topological polar surface area (TPSA) is 34.9 Å². The van der Waals surface area contributed by atoms with Gasteiger partial charge >= 0.3 is 0 Å². The van der Waals surface area contributed by atoms with Gasteiger partial charge in [0.1, 0.15) is 11.6 Å². The normalized spacial score (nSPS) is 31.0. The molecule has 17 heavy (non-hydrogen) atoms. The van der Waals surface area contributed by atoms with E-state index >= 15 is 0 Å². The number of hydrogen-bond acceptors (Lipinski definition) is 2. The van der Waals surface area contributed by atoms with Gasteiger partial charge in [0.15, 0.2) is 0 Å². The molecule has 0 saturated heterocycles. The zero-order valence-corrected chi connectivity index (χ0v) is 10.4. The summed E-state index contributed by atoms with van der Waals surface area (Å²) in [7, 11) is 0. The van der Waals surface area contributed by atoms with Gasteiger partial charge in [-0.1, -0.05) is 12.8 Å². The molecule has 0 aromatic carbocycles. The van der Waals surface area contributed by atoms with E-state index in [2.05, 4.69) is 16.5 Å². The van der Waals surface area contributed by atoms with Crippen LogP contribution in [0.5, 0.6) is 0 Å². The molecular formula is C14H20N2O. The molecule has 0 amide bonds. The number of imidazole rings is 1. The summed E-state index contributed by atoms with van der Waals surface area (Å²) in [4.78, 5) is 16.6. The lowest BCUT2D eigenvalue weighted by molar-refractivity contribution is -0.120. The molecule has 1 heterocycles. The Morgan fingerprint density at radius 3 is 2.76 bits per heavy atom. The van der Waals surface area contributed by atoms with Crippen LogP contribution < -0.4 is 0 Å². The van der Waals surface area contributed by atoms with Crippen LogP contribution in [0.2, 0.25) is 0 Å². The zero-order chi connectivity index (χ0) is 11.8. The van der Waals surface area contributed by atoms with Gasteiger partial charge in [-0.05, 0) is 31.6 Å². The molecule has 2 unspecified atom stereocenters. The Balaban J connectivity index is 1.64. The first-order chi connectivity index (χ1) is 8.31. The average Bonchev–Trinajstić information content (AvgIpc) is 2.92. The maximum Gasteiger partial charge on any atom is 0.144 e. The Morgan fingerprint density at radius 1 is 1.41 bits per heavy atom. The Morgan fingerprint density at radius 2 is 2.12 bits per heavy atom. The molecule has 0 radical (unpaired) electrons. The van der Waals surface area contributed by atoms with Gasteiger partial charge in [-0.3, -0.25) is 4.79 Å². The highest BCUT2D eigenvalue weighted by atomic mass is 16.1. The van der Waals surface area contributed by atoms with Crippen molar-refractivity contribution in [3.05, 3.63) is 18.2 Å². The number of carbonyl (C=O) groups is 1. The van der Waals surface area contributed by atoms with Crippen molar-refractivity contribution in [2.75, 3.05) is 0 Å². The monoisotopic (exact) mass is 232 g/mol. The molecule has 0 spiro atoms. The summed E-state index contributed by atoms with van der Waals surface area (Å²) < 4.78 is 2.07. The molecule has 2 aliphatic carbocycles. The maximum absolute atomic E-state index is 12.3. The standard InChI is InChI=1S/C14H20N2O/c1-2-16-8-7-15-13(16)9-12(17)14-10-5-3-4-6-11(10)14/h7-8,10-11,14H,2-6,9H2,1H3. The third-order valence-electron chi connectivity index (χ3n) is 4.50. The first-order valence-corrected chi connectivity index (χ1v) is 6.84. The number of aromatic nitrogens is 2. The third-order valence-corrected chi connectivity index (χ3v) is 4.50. The summed E-state index contributed by atoms with van der Waals surface area (Å²) in [6.45, 7) is 2.99. The third kappa shape index (κ3) is 1.92. The lowest BCUT2D eigenvalue weighted by Gasteiger charge is -2.04. The minimum absolute atomic E-state index is 0.375. The van der Waals surface area contributed by atoms with E-state index in [1.807, 2.05) is 6.20 Å². The smallest absolute Gasteiger partial charge is 0.144 e. The Hall–Kier alpha value is -1.12. The fourth-order valence-corrected chi connectivity index (χ4v) is 3.54. The molecule has 3 nitrogen and oxygen atoms in total. The fraction of sp³-hybridized carbons (Fsp3) is 0.714. The fourth-order valence-electron chi connectivity index (χ4n) is 3.54. The van der Waals surface area contributed by atoms with Crippen molar-refractivity contribution in [1.29, 1.82) is 0 Å². The zero-order valence-electron chi connectivity index (χ0n) is 10.4. The summed E-state index contributed by atoms with van der Waals surface area (Å²) in [6.07, 6.45) is 9.52. The van der Waals surface area contributed by atoms with E-state index in [1.165, 1.54) is 25.7 Å². The van der Waals surface area contributed by atoms with Gasteiger partial charge in [-0.15, -0.1) is 0 Å². The first kappa shape index (κ1) is 11.0. The second-order valence-electron chi connectivity index (χ2n) is 5.41. The highest BCUT2D eigenvalue weighted by Crippen LogP contribution is 2.55. The van der Waals surface area contributed by atoms with Crippen molar-refractivity contribution in [2.24, 2.45) is 17.8 Å². The van der Waals surface area contributed by atoms with Crippen LogP contribution in [0, 0.1) is 17.8 Å². The van der Waals surface area contributed by atoms with Crippen molar-refractivity contribution < 1.29 is 4.79 Å². The van der Waals surface area contributed by atoms with E-state index in [-0.39, 0.29) is 0 Å². The van der Waals surface area contributed by atoms with Crippen molar-refractivity contribution in [1.82, 2.24) is 9.55 Å². The number of rotatable bonds is 4. The highest BCUT2D eigenvalue weighted by Gasteiger charge is 2.54. The van der Waals surface area contributed by atoms with Crippen LogP contribution >= 0.6 is 0 Å². The summed E-state index contributed by atoms with van der Waals surface area (Å²) in [5.74, 6) is 3.20. The molecule has 2 aliphatic rings. The van der Waals surface area contributed by atoms with Crippen LogP contribution in [-0.4, -0.2) is 15.3 Å². The molecule has 3 heteroatoms. The molecule has 1 aromatic rings. The number of hydrogen-bond donors (Lipinski definition) is 0. The summed E-state index contributed by atoms with van der Waals surface area (Å²) in [5.41, 5.74) is 0. The SMILES string of the molecule is CCn1ccnc1CC(=O)C1C2CCCCC21. The molecule has 3 rings (SSSR count). The largest absolute Gasteiger partial charge is 0.335 e. The summed E-state index contributed by atoms with van der Waals surface area (Å²) in [6, 6.07) is 0. The second kappa shape index (κ2) is 4.28. The number of fused-ring (bicyclic) bond motifs is 1. The van der Waals surface area contributed by atoms with Crippen LogP contribution in [0.25, 0.3) is 0 Å². The van der Waals surface area contributed by atoms with Gasteiger partial charge in [-0.25, -0.2) is 4.98 Å². The summed E-state index contributed by atoms with van der Waals surface area (Å²) in [5, 5.41) is 0. The van der Waals surface area contributed by atoms with Crippen LogP contribution in [0.1, 0.15) is 38.4 Å². The van der Waals surface area contributed by atoms with E-state index in [4.69, 9.17) is 0 Å². The van der Waals surface area contributed by atoms with Gasteiger partial charge < -0.3 is 4.57 Å². The molecule has 2 fully saturated rings. The lowest BCUT2D eigenvalue weighted by atomic mass is 10.0. The first-order valence-electron chi connectivity index (χ1n) is 6.84. The molecule has 1 aromatic heterocycles. The van der Waals surface area contributed by atoms with Crippen molar-refractivity contribution in [3.8, 4) is 0 Å². The lowest BCUT2D eigenvalue weighted by Crippen LogP contribution is -2.12. The van der Waals surface area contributed by atoms with E-state index < -0.39 is 0 Å². The van der Waals surface area contributed by atoms with E-state index in [1.54, 1.807) is 6.20 Å². The number of nitrogens with zero attached hydrogens (tertiary/aromatic N) is 2. The van der Waals surface area contributed by atoms with Crippen LogP contribution in [0.3, 0.4) is 0 Å². The number of Topliss-reactive ketones (excluding diaryl/α,β-unsaturated/α-hetero) is 1. The minimum Gasteiger partial charge on any atom is -0.335 e.